The van der Waals surface area contributed by atoms with Crippen molar-refractivity contribution in [2.45, 2.75) is 10.5 Å². The van der Waals surface area contributed by atoms with Crippen molar-refractivity contribution in [1.82, 2.24) is 4.98 Å². The maximum atomic E-state index is 13.0. The van der Waals surface area contributed by atoms with Crippen molar-refractivity contribution < 1.29 is 8.81 Å². The molecule has 0 aliphatic heterocycles. The summed E-state index contributed by atoms with van der Waals surface area (Å²) < 4.78 is 18.6. The number of oxazole rings is 1. The molecule has 0 aliphatic carbocycles. The summed E-state index contributed by atoms with van der Waals surface area (Å²) in [6.45, 7) is 0.426. The first kappa shape index (κ1) is 13.1. The van der Waals surface area contributed by atoms with Crippen molar-refractivity contribution >= 4 is 22.9 Å². The van der Waals surface area contributed by atoms with Gasteiger partial charge < -0.3 is 10.2 Å². The molecule has 0 saturated heterocycles. The molecule has 0 saturated carbocycles. The van der Waals surface area contributed by atoms with Crippen molar-refractivity contribution in [3.05, 3.63) is 59.9 Å². The first-order valence-corrected chi connectivity index (χ1v) is 7.12. The number of nitrogens with zero attached hydrogens (tertiary/aromatic N) is 1. The predicted molar refractivity (Wildman–Crippen MR) is 78.1 cm³/mol. The van der Waals surface area contributed by atoms with Gasteiger partial charge in [-0.3, -0.25) is 0 Å². The second kappa shape index (κ2) is 5.64. The molecule has 0 spiro atoms. The number of nitrogens with two attached hydrogens (primary N) is 1. The van der Waals surface area contributed by atoms with E-state index in [-0.39, 0.29) is 11.1 Å². The van der Waals surface area contributed by atoms with Crippen LogP contribution in [0.4, 0.5) is 4.39 Å². The Bertz CT molecular complexity index is 678. The molecule has 0 amide bonds. The lowest BCUT2D eigenvalue weighted by atomic mass is 10.1. The highest BCUT2D eigenvalue weighted by Crippen LogP contribution is 2.35. The maximum absolute atomic E-state index is 13.0. The number of hydrogen-bond acceptors (Lipinski definition) is 4. The van der Waals surface area contributed by atoms with Crippen LogP contribution in [0.3, 0.4) is 0 Å². The minimum absolute atomic E-state index is 0.0105. The Labute approximate surface area is 120 Å². The summed E-state index contributed by atoms with van der Waals surface area (Å²) in [5, 5.41) is 0.564. The Morgan fingerprint density at radius 3 is 2.60 bits per heavy atom. The summed E-state index contributed by atoms with van der Waals surface area (Å²) in [4.78, 5) is 4.41. The Morgan fingerprint density at radius 1 is 1.15 bits per heavy atom. The van der Waals surface area contributed by atoms with E-state index in [1.165, 1.54) is 23.9 Å². The van der Waals surface area contributed by atoms with Crippen LogP contribution in [0.15, 0.2) is 58.2 Å². The molecule has 5 heteroatoms. The summed E-state index contributed by atoms with van der Waals surface area (Å²) in [6.07, 6.45) is 0. The number of rotatable bonds is 4. The van der Waals surface area contributed by atoms with Crippen molar-refractivity contribution in [2.75, 3.05) is 6.54 Å². The molecule has 0 fully saturated rings. The highest BCUT2D eigenvalue weighted by atomic mass is 32.2. The molecule has 0 aliphatic rings. The van der Waals surface area contributed by atoms with Crippen LogP contribution in [0.1, 0.15) is 10.8 Å². The van der Waals surface area contributed by atoms with E-state index in [1.54, 1.807) is 12.1 Å². The number of benzene rings is 2. The number of aromatic nitrogens is 1. The quantitative estimate of drug-likeness (QED) is 0.743. The van der Waals surface area contributed by atoms with E-state index in [1.807, 2.05) is 24.3 Å². The molecule has 102 valence electrons. The fourth-order valence-electron chi connectivity index (χ4n) is 1.95. The molecular weight excluding hydrogens is 275 g/mol. The third-order valence-corrected chi connectivity index (χ3v) is 4.10. The van der Waals surface area contributed by atoms with Crippen LogP contribution in [0.25, 0.3) is 11.1 Å². The second-order valence-corrected chi connectivity index (χ2v) is 5.50. The van der Waals surface area contributed by atoms with Crippen molar-refractivity contribution in [3.8, 4) is 0 Å². The highest BCUT2D eigenvalue weighted by molar-refractivity contribution is 7.99. The van der Waals surface area contributed by atoms with Gasteiger partial charge in [-0.15, -0.1) is 0 Å². The molecular formula is C15H13FN2OS. The average molecular weight is 288 g/mol. The third kappa shape index (κ3) is 2.69. The summed E-state index contributed by atoms with van der Waals surface area (Å²) in [7, 11) is 0. The van der Waals surface area contributed by atoms with Gasteiger partial charge in [-0.25, -0.2) is 9.37 Å². The molecule has 2 aromatic carbocycles. The Morgan fingerprint density at radius 2 is 1.90 bits per heavy atom. The van der Waals surface area contributed by atoms with E-state index in [9.17, 15) is 4.39 Å². The number of para-hydroxylation sites is 2. The van der Waals surface area contributed by atoms with Crippen molar-refractivity contribution in [3.63, 3.8) is 0 Å². The molecule has 1 atom stereocenters. The van der Waals surface area contributed by atoms with Crippen LogP contribution in [0.2, 0.25) is 0 Å². The molecule has 2 N–H and O–H groups in total. The fraction of sp³-hybridized carbons (Fsp3) is 0.133. The summed E-state index contributed by atoms with van der Waals surface area (Å²) in [5.74, 6) is -0.253. The van der Waals surface area contributed by atoms with Gasteiger partial charge in [0.15, 0.2) is 5.58 Å². The van der Waals surface area contributed by atoms with Crippen LogP contribution < -0.4 is 5.73 Å². The zero-order valence-corrected chi connectivity index (χ0v) is 11.4. The molecule has 3 nitrogen and oxygen atoms in total. The Balaban J connectivity index is 1.85. The minimum Gasteiger partial charge on any atom is -0.431 e. The zero-order valence-electron chi connectivity index (χ0n) is 10.6. The number of hydrogen-bond donors (Lipinski definition) is 1. The lowest BCUT2D eigenvalue weighted by Gasteiger charge is -2.12. The molecule has 0 bridgehead atoms. The van der Waals surface area contributed by atoms with Crippen molar-refractivity contribution in [1.29, 1.82) is 0 Å². The maximum Gasteiger partial charge on any atom is 0.257 e. The topological polar surface area (TPSA) is 52.0 Å². The molecule has 1 heterocycles. The van der Waals surface area contributed by atoms with Gasteiger partial charge in [0, 0.05) is 6.54 Å². The predicted octanol–water partition coefficient (Wildman–Crippen LogP) is 3.76. The average Bonchev–Trinajstić information content (AvgIpc) is 2.88. The van der Waals surface area contributed by atoms with Gasteiger partial charge in [-0.05, 0) is 29.8 Å². The molecule has 3 rings (SSSR count). The minimum atomic E-state index is -0.253. The van der Waals surface area contributed by atoms with Gasteiger partial charge in [0.2, 0.25) is 0 Å². The van der Waals surface area contributed by atoms with Crippen LogP contribution in [0, 0.1) is 5.82 Å². The second-order valence-electron chi connectivity index (χ2n) is 4.34. The van der Waals surface area contributed by atoms with Gasteiger partial charge in [0.05, 0.1) is 5.25 Å². The first-order valence-electron chi connectivity index (χ1n) is 6.24. The van der Waals surface area contributed by atoms with Crippen LogP contribution in [-0.4, -0.2) is 11.5 Å². The lowest BCUT2D eigenvalue weighted by molar-refractivity contribution is 0.488. The monoisotopic (exact) mass is 288 g/mol. The Hall–Kier alpha value is -1.85. The van der Waals surface area contributed by atoms with Gasteiger partial charge in [-0.1, -0.05) is 36.0 Å². The van der Waals surface area contributed by atoms with Crippen LogP contribution in [0.5, 0.6) is 0 Å². The highest BCUT2D eigenvalue weighted by Gasteiger charge is 2.15. The summed E-state index contributed by atoms with van der Waals surface area (Å²) in [6, 6.07) is 13.9. The van der Waals surface area contributed by atoms with E-state index < -0.39 is 0 Å². The van der Waals surface area contributed by atoms with Gasteiger partial charge in [0.25, 0.3) is 5.22 Å². The normalized spacial score (nSPS) is 12.7. The van der Waals surface area contributed by atoms with Gasteiger partial charge in [-0.2, -0.15) is 0 Å². The smallest absolute Gasteiger partial charge is 0.257 e. The standard InChI is InChI=1S/C15H13FN2OS/c16-11-7-5-10(6-8-11)14(9-17)20-15-18-12-3-1-2-4-13(12)19-15/h1-8,14H,9,17H2. The summed E-state index contributed by atoms with van der Waals surface area (Å²) >= 11 is 1.45. The van der Waals surface area contributed by atoms with Gasteiger partial charge in [0.1, 0.15) is 11.3 Å². The molecule has 1 aromatic heterocycles. The fourth-order valence-corrected chi connectivity index (χ4v) is 2.87. The third-order valence-electron chi connectivity index (χ3n) is 2.97. The molecule has 1 unspecified atom stereocenters. The van der Waals surface area contributed by atoms with E-state index in [2.05, 4.69) is 4.98 Å². The largest absolute Gasteiger partial charge is 0.431 e. The molecule has 3 aromatic rings. The van der Waals surface area contributed by atoms with E-state index in [0.29, 0.717) is 11.8 Å². The number of thioether (sulfide) groups is 1. The zero-order chi connectivity index (χ0) is 13.9. The van der Waals surface area contributed by atoms with E-state index >= 15 is 0 Å². The number of fused-ring (bicyclic) bond motifs is 1. The summed E-state index contributed by atoms with van der Waals surface area (Å²) in [5.41, 5.74) is 8.34. The lowest BCUT2D eigenvalue weighted by Crippen LogP contribution is -2.09. The molecule has 20 heavy (non-hydrogen) atoms. The van der Waals surface area contributed by atoms with Crippen molar-refractivity contribution in [2.24, 2.45) is 5.73 Å². The van der Waals surface area contributed by atoms with Gasteiger partial charge >= 0.3 is 0 Å². The van der Waals surface area contributed by atoms with Crippen LogP contribution in [-0.2, 0) is 0 Å². The van der Waals surface area contributed by atoms with E-state index in [4.69, 9.17) is 10.2 Å². The molecule has 0 radical (unpaired) electrons. The van der Waals surface area contributed by atoms with Crippen LogP contribution >= 0.6 is 11.8 Å². The Kier molecular flexibility index (Phi) is 3.71. The SMILES string of the molecule is NCC(Sc1nc2ccccc2o1)c1ccc(F)cc1. The van der Waals surface area contributed by atoms with E-state index in [0.717, 1.165) is 16.7 Å². The number of halogens is 1. The first-order chi connectivity index (χ1) is 9.76.